The van der Waals surface area contributed by atoms with Crippen molar-refractivity contribution >= 4 is 11.5 Å². The lowest BCUT2D eigenvalue weighted by molar-refractivity contribution is 0.100. The van der Waals surface area contributed by atoms with Crippen molar-refractivity contribution in [2.45, 2.75) is 6.42 Å². The summed E-state index contributed by atoms with van der Waals surface area (Å²) >= 11 is 0. The summed E-state index contributed by atoms with van der Waals surface area (Å²) < 4.78 is 0. The van der Waals surface area contributed by atoms with E-state index >= 15 is 0 Å². The van der Waals surface area contributed by atoms with Crippen molar-refractivity contribution in [3.63, 3.8) is 0 Å². The van der Waals surface area contributed by atoms with Gasteiger partial charge in [-0.2, -0.15) is 0 Å². The number of nitrogens with two attached hydrogens (primary N) is 1. The average Bonchev–Trinajstić information content (AvgIpc) is 2.67. The number of Topliss-reactive ketones (excluding diaryl/α,β-unsaturated/α-hetero) is 1. The summed E-state index contributed by atoms with van der Waals surface area (Å²) in [5, 5.41) is 3.37. The summed E-state index contributed by atoms with van der Waals surface area (Å²) in [6.45, 7) is 4.26. The molecule has 1 aliphatic heterocycles. The second-order valence-corrected chi connectivity index (χ2v) is 4.26. The Morgan fingerprint density at radius 1 is 1.24 bits per heavy atom. The van der Waals surface area contributed by atoms with Crippen LogP contribution >= 0.6 is 0 Å². The molecule has 0 aromatic heterocycles. The van der Waals surface area contributed by atoms with Gasteiger partial charge in [-0.05, 0) is 37.2 Å². The molecule has 0 bridgehead atoms. The zero-order chi connectivity index (χ0) is 12.1. The molecule has 92 valence electrons. The Hall–Kier alpha value is -1.39. The van der Waals surface area contributed by atoms with Crippen LogP contribution in [-0.2, 0) is 0 Å². The first-order valence-electron chi connectivity index (χ1n) is 6.10. The van der Waals surface area contributed by atoms with Crippen LogP contribution in [0, 0.1) is 0 Å². The fourth-order valence-electron chi connectivity index (χ4n) is 2.08. The van der Waals surface area contributed by atoms with Gasteiger partial charge >= 0.3 is 0 Å². The van der Waals surface area contributed by atoms with Crippen LogP contribution < -0.4 is 16.0 Å². The maximum atomic E-state index is 11.4. The van der Waals surface area contributed by atoms with Crippen molar-refractivity contribution in [2.24, 2.45) is 5.73 Å². The highest BCUT2D eigenvalue weighted by Crippen LogP contribution is 2.16. The monoisotopic (exact) mass is 233 g/mol. The van der Waals surface area contributed by atoms with E-state index in [0.717, 1.165) is 32.6 Å². The molecule has 0 spiro atoms. The van der Waals surface area contributed by atoms with E-state index in [-0.39, 0.29) is 12.3 Å². The summed E-state index contributed by atoms with van der Waals surface area (Å²) in [6, 6.07) is 7.74. The topological polar surface area (TPSA) is 58.4 Å². The van der Waals surface area contributed by atoms with E-state index in [1.54, 1.807) is 0 Å². The second-order valence-electron chi connectivity index (χ2n) is 4.26. The highest BCUT2D eigenvalue weighted by atomic mass is 16.1. The number of ketones is 1. The molecule has 0 saturated carbocycles. The van der Waals surface area contributed by atoms with E-state index in [9.17, 15) is 4.79 Å². The summed E-state index contributed by atoms with van der Waals surface area (Å²) in [7, 11) is 0. The zero-order valence-electron chi connectivity index (χ0n) is 9.98. The van der Waals surface area contributed by atoms with Crippen LogP contribution in [-0.4, -0.2) is 38.5 Å². The molecule has 4 heteroatoms. The van der Waals surface area contributed by atoms with Gasteiger partial charge in [0.15, 0.2) is 5.78 Å². The molecule has 1 saturated heterocycles. The Kier molecular flexibility index (Phi) is 4.12. The lowest BCUT2D eigenvalue weighted by Gasteiger charge is -2.22. The van der Waals surface area contributed by atoms with Gasteiger partial charge in [0, 0.05) is 30.9 Å². The van der Waals surface area contributed by atoms with Crippen molar-refractivity contribution in [1.29, 1.82) is 0 Å². The van der Waals surface area contributed by atoms with E-state index in [2.05, 4.69) is 10.2 Å². The van der Waals surface area contributed by atoms with Gasteiger partial charge in [-0.15, -0.1) is 0 Å². The van der Waals surface area contributed by atoms with Crippen LogP contribution in [0.2, 0.25) is 0 Å². The number of carbonyl (C=O) groups excluding carboxylic acids is 1. The summed E-state index contributed by atoms with van der Waals surface area (Å²) in [5.41, 5.74) is 7.22. The van der Waals surface area contributed by atoms with Gasteiger partial charge in [-0.3, -0.25) is 4.79 Å². The Balaban J connectivity index is 2.08. The van der Waals surface area contributed by atoms with Gasteiger partial charge in [0.2, 0.25) is 0 Å². The Morgan fingerprint density at radius 2 is 2.00 bits per heavy atom. The SMILES string of the molecule is NCC(=O)c1ccc(N2CCCNCC2)cc1. The highest BCUT2D eigenvalue weighted by Gasteiger charge is 2.10. The number of nitrogens with one attached hydrogen (secondary N) is 1. The molecular weight excluding hydrogens is 214 g/mol. The molecule has 17 heavy (non-hydrogen) atoms. The molecular formula is C13H19N3O. The number of nitrogens with zero attached hydrogens (tertiary/aromatic N) is 1. The highest BCUT2D eigenvalue weighted by molar-refractivity contribution is 5.97. The van der Waals surface area contributed by atoms with E-state index in [4.69, 9.17) is 5.73 Å². The smallest absolute Gasteiger partial charge is 0.176 e. The number of benzene rings is 1. The van der Waals surface area contributed by atoms with Gasteiger partial charge in [-0.25, -0.2) is 0 Å². The van der Waals surface area contributed by atoms with Crippen molar-refractivity contribution in [1.82, 2.24) is 5.32 Å². The van der Waals surface area contributed by atoms with Gasteiger partial charge in [0.25, 0.3) is 0 Å². The van der Waals surface area contributed by atoms with Crippen LogP contribution in [0.4, 0.5) is 5.69 Å². The largest absolute Gasteiger partial charge is 0.370 e. The predicted octanol–water partition coefficient (Wildman–Crippen LogP) is 0.628. The van der Waals surface area contributed by atoms with E-state index in [1.165, 1.54) is 5.69 Å². The van der Waals surface area contributed by atoms with Crippen molar-refractivity contribution in [2.75, 3.05) is 37.6 Å². The second kappa shape index (κ2) is 5.80. The third kappa shape index (κ3) is 3.05. The lowest BCUT2D eigenvalue weighted by atomic mass is 10.1. The first-order valence-corrected chi connectivity index (χ1v) is 6.10. The van der Waals surface area contributed by atoms with Gasteiger partial charge in [0.05, 0.1) is 6.54 Å². The maximum absolute atomic E-state index is 11.4. The molecule has 0 atom stereocenters. The van der Waals surface area contributed by atoms with Crippen LogP contribution in [0.5, 0.6) is 0 Å². The van der Waals surface area contributed by atoms with Gasteiger partial charge in [0.1, 0.15) is 0 Å². The van der Waals surface area contributed by atoms with E-state index in [0.29, 0.717) is 5.56 Å². The van der Waals surface area contributed by atoms with Gasteiger partial charge < -0.3 is 16.0 Å². The van der Waals surface area contributed by atoms with Crippen LogP contribution in [0.15, 0.2) is 24.3 Å². The third-order valence-electron chi connectivity index (χ3n) is 3.08. The first kappa shape index (κ1) is 12.1. The third-order valence-corrected chi connectivity index (χ3v) is 3.08. The quantitative estimate of drug-likeness (QED) is 0.752. The Labute approximate surface area is 102 Å². The molecule has 2 rings (SSSR count). The van der Waals surface area contributed by atoms with E-state index in [1.807, 2.05) is 24.3 Å². The predicted molar refractivity (Wildman–Crippen MR) is 69.5 cm³/mol. The molecule has 1 aromatic rings. The molecule has 1 aromatic carbocycles. The molecule has 0 aliphatic carbocycles. The minimum absolute atomic E-state index is 0.00548. The number of hydrogen-bond donors (Lipinski definition) is 2. The standard InChI is InChI=1S/C13H19N3O/c14-10-13(17)11-2-4-12(5-3-11)16-8-1-6-15-7-9-16/h2-5,15H,1,6-10,14H2. The minimum Gasteiger partial charge on any atom is -0.370 e. The molecule has 1 heterocycles. The van der Waals surface area contributed by atoms with Crippen molar-refractivity contribution < 1.29 is 4.79 Å². The fraction of sp³-hybridized carbons (Fsp3) is 0.462. The fourth-order valence-corrected chi connectivity index (χ4v) is 2.08. The number of rotatable bonds is 3. The van der Waals surface area contributed by atoms with Crippen LogP contribution in [0.3, 0.4) is 0 Å². The summed E-state index contributed by atoms with van der Waals surface area (Å²) in [6.07, 6.45) is 1.16. The summed E-state index contributed by atoms with van der Waals surface area (Å²) in [5.74, 6) is -0.00548. The molecule has 0 unspecified atom stereocenters. The van der Waals surface area contributed by atoms with Crippen LogP contribution in [0.1, 0.15) is 16.8 Å². The van der Waals surface area contributed by atoms with Crippen molar-refractivity contribution in [3.05, 3.63) is 29.8 Å². The number of anilines is 1. The Bertz CT molecular complexity index is 367. The first-order chi connectivity index (χ1) is 8.31. The van der Waals surface area contributed by atoms with Crippen molar-refractivity contribution in [3.8, 4) is 0 Å². The van der Waals surface area contributed by atoms with Gasteiger partial charge in [-0.1, -0.05) is 0 Å². The normalized spacial score (nSPS) is 16.6. The number of hydrogen-bond acceptors (Lipinski definition) is 4. The molecule has 1 aliphatic rings. The minimum atomic E-state index is -0.00548. The summed E-state index contributed by atoms with van der Waals surface area (Å²) in [4.78, 5) is 13.8. The average molecular weight is 233 g/mol. The zero-order valence-corrected chi connectivity index (χ0v) is 9.98. The molecule has 0 amide bonds. The maximum Gasteiger partial charge on any atom is 0.176 e. The van der Waals surface area contributed by atoms with Crippen LogP contribution in [0.25, 0.3) is 0 Å². The molecule has 3 N–H and O–H groups in total. The Morgan fingerprint density at radius 3 is 2.71 bits per heavy atom. The lowest BCUT2D eigenvalue weighted by Crippen LogP contribution is -2.27. The van der Waals surface area contributed by atoms with E-state index < -0.39 is 0 Å². The molecule has 4 nitrogen and oxygen atoms in total. The molecule has 1 fully saturated rings. The molecule has 0 radical (unpaired) electrons. The number of carbonyl (C=O) groups is 1.